The molecule has 0 aliphatic rings. The first-order valence-corrected chi connectivity index (χ1v) is 3.84. The van der Waals surface area contributed by atoms with Gasteiger partial charge in [0.15, 0.2) is 0 Å². The van der Waals surface area contributed by atoms with Gasteiger partial charge in [-0.3, -0.25) is 9.83 Å². The largest absolute Gasteiger partial charge is 0.368 e. The van der Waals surface area contributed by atoms with Gasteiger partial charge in [0.2, 0.25) is 5.96 Å². The molecule has 4 heteroatoms. The molecule has 0 unspecified atom stereocenters. The summed E-state index contributed by atoms with van der Waals surface area (Å²) in [5.74, 6) is 0.873. The molecule has 4 nitrogen and oxygen atoms in total. The summed E-state index contributed by atoms with van der Waals surface area (Å²) in [5, 5.41) is 0. The molecule has 66 valence electrons. The van der Waals surface area contributed by atoms with Crippen LogP contribution in [0.4, 0.5) is 0 Å². The van der Waals surface area contributed by atoms with Crippen LogP contribution >= 0.6 is 0 Å². The lowest BCUT2D eigenvalue weighted by molar-refractivity contribution is 0.0957. The Bertz CT molecular complexity index is 123. The fourth-order valence-electron chi connectivity index (χ4n) is 0.459. The van der Waals surface area contributed by atoms with E-state index in [-0.39, 0.29) is 0 Å². The Hall–Kier alpha value is -0.770. The Labute approximate surface area is 67.8 Å². The molecular formula is C7H17N3O. The van der Waals surface area contributed by atoms with Crippen molar-refractivity contribution < 1.29 is 4.84 Å². The molecule has 0 bridgehead atoms. The van der Waals surface area contributed by atoms with Gasteiger partial charge < -0.3 is 5.73 Å². The van der Waals surface area contributed by atoms with Gasteiger partial charge in [0.05, 0.1) is 6.61 Å². The molecule has 0 spiro atoms. The fourth-order valence-corrected chi connectivity index (χ4v) is 0.459. The molecule has 0 aromatic carbocycles. The second kappa shape index (κ2) is 5.97. The van der Waals surface area contributed by atoms with Crippen molar-refractivity contribution >= 4 is 5.96 Å². The van der Waals surface area contributed by atoms with Gasteiger partial charge in [-0.2, -0.15) is 0 Å². The highest BCUT2D eigenvalue weighted by Gasteiger charge is 1.92. The zero-order chi connectivity index (χ0) is 8.69. The van der Waals surface area contributed by atoms with Crippen molar-refractivity contribution in [3.05, 3.63) is 0 Å². The van der Waals surface area contributed by atoms with Crippen molar-refractivity contribution in [2.24, 2.45) is 16.6 Å². The maximum Gasteiger partial charge on any atom is 0.213 e. The van der Waals surface area contributed by atoms with Gasteiger partial charge in [0.1, 0.15) is 0 Å². The van der Waals surface area contributed by atoms with E-state index in [0.717, 1.165) is 6.54 Å². The topological polar surface area (TPSA) is 59.6 Å². The van der Waals surface area contributed by atoms with Gasteiger partial charge >= 0.3 is 0 Å². The number of nitrogens with two attached hydrogens (primary N) is 1. The van der Waals surface area contributed by atoms with E-state index in [9.17, 15) is 0 Å². The monoisotopic (exact) mass is 159 g/mol. The van der Waals surface area contributed by atoms with E-state index in [2.05, 4.69) is 24.3 Å². The van der Waals surface area contributed by atoms with E-state index >= 15 is 0 Å². The molecule has 11 heavy (non-hydrogen) atoms. The standard InChI is InChI=1S/C7H17N3O/c1-4-11-10-7(8)9-5-6(2)3/h6H,4-5H2,1-3H3,(H3,8,9,10). The summed E-state index contributed by atoms with van der Waals surface area (Å²) < 4.78 is 0. The van der Waals surface area contributed by atoms with Crippen LogP contribution in [0.15, 0.2) is 4.99 Å². The number of nitrogens with one attached hydrogen (secondary N) is 1. The highest BCUT2D eigenvalue weighted by Crippen LogP contribution is 1.90. The minimum Gasteiger partial charge on any atom is -0.368 e. The van der Waals surface area contributed by atoms with Crippen molar-refractivity contribution in [1.82, 2.24) is 5.48 Å². The van der Waals surface area contributed by atoms with Gasteiger partial charge in [-0.05, 0) is 12.8 Å². The van der Waals surface area contributed by atoms with E-state index < -0.39 is 0 Å². The predicted octanol–water partition coefficient (Wildman–Crippen LogP) is 0.498. The maximum atomic E-state index is 5.42. The molecule has 3 N–H and O–H groups in total. The maximum absolute atomic E-state index is 5.42. The third kappa shape index (κ3) is 7.12. The first kappa shape index (κ1) is 10.2. The van der Waals surface area contributed by atoms with Crippen molar-refractivity contribution in [3.8, 4) is 0 Å². The number of aliphatic imine (C=N–C) groups is 1. The van der Waals surface area contributed by atoms with Crippen LogP contribution in [-0.4, -0.2) is 19.1 Å². The summed E-state index contributed by atoms with van der Waals surface area (Å²) in [6, 6.07) is 0. The molecule has 0 fully saturated rings. The summed E-state index contributed by atoms with van der Waals surface area (Å²) >= 11 is 0. The van der Waals surface area contributed by atoms with Crippen LogP contribution < -0.4 is 11.2 Å². The van der Waals surface area contributed by atoms with Crippen LogP contribution in [0.3, 0.4) is 0 Å². The van der Waals surface area contributed by atoms with Crippen molar-refractivity contribution in [2.45, 2.75) is 20.8 Å². The van der Waals surface area contributed by atoms with E-state index in [1.165, 1.54) is 0 Å². The van der Waals surface area contributed by atoms with Gasteiger partial charge in [-0.25, -0.2) is 5.48 Å². The normalized spacial score (nSPS) is 12.2. The molecular weight excluding hydrogens is 142 g/mol. The summed E-state index contributed by atoms with van der Waals surface area (Å²) in [6.45, 7) is 7.35. The zero-order valence-corrected chi connectivity index (χ0v) is 7.42. The molecule has 0 amide bonds. The average Bonchev–Trinajstić information content (AvgIpc) is 1.97. The van der Waals surface area contributed by atoms with Crippen molar-refractivity contribution in [3.63, 3.8) is 0 Å². The molecule has 0 aliphatic carbocycles. The first-order valence-electron chi connectivity index (χ1n) is 3.84. The second-order valence-electron chi connectivity index (χ2n) is 2.65. The number of nitrogens with zero attached hydrogens (tertiary/aromatic N) is 1. The fraction of sp³-hybridized carbons (Fsp3) is 0.857. The van der Waals surface area contributed by atoms with Gasteiger partial charge in [-0.1, -0.05) is 13.8 Å². The molecule has 0 aliphatic heterocycles. The average molecular weight is 159 g/mol. The molecule has 0 aromatic rings. The predicted molar refractivity (Wildman–Crippen MR) is 46.1 cm³/mol. The van der Waals surface area contributed by atoms with Gasteiger partial charge in [-0.15, -0.1) is 0 Å². The van der Waals surface area contributed by atoms with E-state index in [0.29, 0.717) is 18.5 Å². The highest BCUT2D eigenvalue weighted by molar-refractivity contribution is 5.76. The van der Waals surface area contributed by atoms with Gasteiger partial charge in [0, 0.05) is 6.54 Å². The van der Waals surface area contributed by atoms with Crippen molar-refractivity contribution in [2.75, 3.05) is 13.2 Å². The van der Waals surface area contributed by atoms with Crippen LogP contribution in [-0.2, 0) is 4.84 Å². The third-order valence-corrected chi connectivity index (χ3v) is 0.948. The number of guanidine groups is 1. The van der Waals surface area contributed by atoms with Gasteiger partial charge in [0.25, 0.3) is 0 Å². The zero-order valence-electron chi connectivity index (χ0n) is 7.42. The minimum absolute atomic E-state index is 0.348. The van der Waals surface area contributed by atoms with Crippen LogP contribution in [0.2, 0.25) is 0 Å². The van der Waals surface area contributed by atoms with Crippen LogP contribution in [0.1, 0.15) is 20.8 Å². The lowest BCUT2D eigenvalue weighted by atomic mass is 10.2. The highest BCUT2D eigenvalue weighted by atomic mass is 16.6. The number of hydrogen-bond donors (Lipinski definition) is 2. The smallest absolute Gasteiger partial charge is 0.213 e. The van der Waals surface area contributed by atoms with E-state index in [4.69, 9.17) is 10.6 Å². The lowest BCUT2D eigenvalue weighted by Crippen LogP contribution is -2.32. The number of rotatable bonds is 4. The summed E-state index contributed by atoms with van der Waals surface area (Å²) in [6.07, 6.45) is 0. The third-order valence-electron chi connectivity index (χ3n) is 0.948. The van der Waals surface area contributed by atoms with E-state index in [1.54, 1.807) is 0 Å². The molecule has 0 saturated heterocycles. The Morgan fingerprint density at radius 3 is 2.73 bits per heavy atom. The van der Waals surface area contributed by atoms with Crippen LogP contribution in [0, 0.1) is 5.92 Å². The molecule has 0 radical (unpaired) electrons. The van der Waals surface area contributed by atoms with Crippen LogP contribution in [0.25, 0.3) is 0 Å². The Morgan fingerprint density at radius 1 is 1.64 bits per heavy atom. The summed E-state index contributed by atoms with van der Waals surface area (Å²) in [4.78, 5) is 8.84. The minimum atomic E-state index is 0.348. The Kier molecular flexibility index (Phi) is 5.56. The molecule has 0 saturated carbocycles. The summed E-state index contributed by atoms with van der Waals surface area (Å²) in [7, 11) is 0. The Balaban J connectivity index is 3.46. The second-order valence-corrected chi connectivity index (χ2v) is 2.65. The molecule has 0 rings (SSSR count). The summed E-state index contributed by atoms with van der Waals surface area (Å²) in [5.41, 5.74) is 7.94. The first-order chi connectivity index (χ1) is 5.16. The molecule has 0 atom stereocenters. The van der Waals surface area contributed by atoms with Crippen LogP contribution in [0.5, 0.6) is 0 Å². The lowest BCUT2D eigenvalue weighted by Gasteiger charge is -2.04. The SMILES string of the molecule is CCONC(N)=NCC(C)C. The molecule has 0 aromatic heterocycles. The molecule has 0 heterocycles. The number of hydroxylamine groups is 1. The Morgan fingerprint density at radius 2 is 2.27 bits per heavy atom. The van der Waals surface area contributed by atoms with E-state index in [1.807, 2.05) is 6.92 Å². The van der Waals surface area contributed by atoms with Crippen molar-refractivity contribution in [1.29, 1.82) is 0 Å². The number of hydrogen-bond acceptors (Lipinski definition) is 2. The quantitative estimate of drug-likeness (QED) is 0.357.